The summed E-state index contributed by atoms with van der Waals surface area (Å²) in [5.74, 6) is 0.857. The molecule has 4 aromatic rings. The molecule has 3 aromatic heterocycles. The van der Waals surface area contributed by atoms with Gasteiger partial charge in [0, 0.05) is 24.3 Å². The lowest BCUT2D eigenvalue weighted by atomic mass is 10.2. The average molecular weight is 498 g/mol. The van der Waals surface area contributed by atoms with Gasteiger partial charge in [-0.3, -0.25) is 4.79 Å². The van der Waals surface area contributed by atoms with E-state index in [2.05, 4.69) is 35.6 Å². The highest BCUT2D eigenvalue weighted by molar-refractivity contribution is 7.17. The molecule has 0 aliphatic carbocycles. The highest BCUT2D eigenvalue weighted by Gasteiger charge is 2.18. The predicted molar refractivity (Wildman–Crippen MR) is 134 cm³/mol. The highest BCUT2D eigenvalue weighted by Crippen LogP contribution is 2.30. The standard InChI is InChI=1S/C22H24ClN9OS/c1-13-12-34-17-16(13)27-20(23)28-18(17)32-21(24)29-22(30-32)26-15-6-4-14(5-7-15)19(33)25-8-11-31-9-2-3-10-31/h4-7,12H,2-3,8-11H2,1H3,(H,25,33)(H3,24,26,29,30). The maximum Gasteiger partial charge on any atom is 0.251 e. The molecule has 5 rings (SSSR count). The van der Waals surface area contributed by atoms with Crippen LogP contribution in [0.5, 0.6) is 0 Å². The Bertz CT molecular complexity index is 1330. The van der Waals surface area contributed by atoms with Gasteiger partial charge in [-0.2, -0.15) is 14.6 Å². The monoisotopic (exact) mass is 497 g/mol. The lowest BCUT2D eigenvalue weighted by Crippen LogP contribution is -2.33. The van der Waals surface area contributed by atoms with Crippen LogP contribution in [0.2, 0.25) is 5.28 Å². The van der Waals surface area contributed by atoms with Gasteiger partial charge >= 0.3 is 0 Å². The molecule has 1 fully saturated rings. The summed E-state index contributed by atoms with van der Waals surface area (Å²) in [4.78, 5) is 27.7. The van der Waals surface area contributed by atoms with Crippen LogP contribution in [-0.2, 0) is 0 Å². The van der Waals surface area contributed by atoms with Crippen molar-refractivity contribution in [1.29, 1.82) is 0 Å². The summed E-state index contributed by atoms with van der Waals surface area (Å²) in [5, 5.41) is 12.6. The van der Waals surface area contributed by atoms with Gasteiger partial charge in [0.05, 0.1) is 10.2 Å². The second-order valence-corrected chi connectivity index (χ2v) is 9.34. The van der Waals surface area contributed by atoms with Crippen molar-refractivity contribution in [1.82, 2.24) is 34.9 Å². The zero-order valence-corrected chi connectivity index (χ0v) is 20.2. The van der Waals surface area contributed by atoms with Crippen molar-refractivity contribution in [3.8, 4) is 5.82 Å². The molecule has 176 valence electrons. The molecule has 0 saturated carbocycles. The number of fused-ring (bicyclic) bond motifs is 1. The minimum atomic E-state index is -0.0895. The number of nitrogens with one attached hydrogen (secondary N) is 2. The van der Waals surface area contributed by atoms with Gasteiger partial charge in [-0.1, -0.05) is 0 Å². The molecular weight excluding hydrogens is 474 g/mol. The maximum atomic E-state index is 12.4. The third-order valence-corrected chi connectivity index (χ3v) is 6.95. The molecule has 1 amide bonds. The van der Waals surface area contributed by atoms with Crippen molar-refractivity contribution < 1.29 is 4.79 Å². The van der Waals surface area contributed by atoms with E-state index in [1.807, 2.05) is 12.3 Å². The van der Waals surface area contributed by atoms with Gasteiger partial charge in [-0.25, -0.2) is 4.98 Å². The molecule has 0 bridgehead atoms. The smallest absolute Gasteiger partial charge is 0.251 e. The fraction of sp³-hybridized carbons (Fsp3) is 0.318. The number of halogens is 1. The number of amides is 1. The number of thiophene rings is 1. The zero-order chi connectivity index (χ0) is 23.7. The third kappa shape index (κ3) is 4.67. The van der Waals surface area contributed by atoms with E-state index in [0.29, 0.717) is 23.9 Å². The number of rotatable bonds is 7. The van der Waals surface area contributed by atoms with Crippen LogP contribution in [0.15, 0.2) is 29.6 Å². The van der Waals surface area contributed by atoms with Gasteiger partial charge in [-0.05, 0) is 79.7 Å². The molecule has 0 atom stereocenters. The number of carbonyl (C=O) groups is 1. The highest BCUT2D eigenvalue weighted by atomic mass is 35.5. The molecule has 0 radical (unpaired) electrons. The number of hydrogen-bond donors (Lipinski definition) is 3. The summed E-state index contributed by atoms with van der Waals surface area (Å²) in [6.07, 6.45) is 2.48. The topological polar surface area (TPSA) is 127 Å². The molecule has 34 heavy (non-hydrogen) atoms. The molecule has 4 N–H and O–H groups in total. The van der Waals surface area contributed by atoms with Crippen molar-refractivity contribution in [2.24, 2.45) is 0 Å². The second-order valence-electron chi connectivity index (χ2n) is 8.13. The minimum Gasteiger partial charge on any atom is -0.368 e. The number of aryl methyl sites for hydroxylation is 1. The van der Waals surface area contributed by atoms with Crippen molar-refractivity contribution >= 4 is 56.6 Å². The lowest BCUT2D eigenvalue weighted by molar-refractivity contribution is 0.0950. The van der Waals surface area contributed by atoms with E-state index < -0.39 is 0 Å². The maximum absolute atomic E-state index is 12.4. The molecule has 0 unspecified atom stereocenters. The van der Waals surface area contributed by atoms with E-state index in [1.165, 1.54) is 28.9 Å². The summed E-state index contributed by atoms with van der Waals surface area (Å²) in [6, 6.07) is 7.12. The van der Waals surface area contributed by atoms with E-state index in [-0.39, 0.29) is 17.1 Å². The van der Waals surface area contributed by atoms with E-state index in [0.717, 1.165) is 41.1 Å². The molecule has 1 aliphatic heterocycles. The van der Waals surface area contributed by atoms with Gasteiger partial charge < -0.3 is 21.3 Å². The Labute approximate surface area is 205 Å². The quantitative estimate of drug-likeness (QED) is 0.331. The number of aromatic nitrogens is 5. The number of anilines is 3. The van der Waals surface area contributed by atoms with Crippen LogP contribution in [-0.4, -0.2) is 61.7 Å². The Morgan fingerprint density at radius 3 is 2.71 bits per heavy atom. The average Bonchev–Trinajstić information content (AvgIpc) is 3.55. The summed E-state index contributed by atoms with van der Waals surface area (Å²) in [5.41, 5.74) is 9.21. The molecule has 4 heterocycles. The van der Waals surface area contributed by atoms with Gasteiger partial charge in [-0.15, -0.1) is 16.4 Å². The van der Waals surface area contributed by atoms with Crippen LogP contribution in [0.25, 0.3) is 16.0 Å². The fourth-order valence-corrected chi connectivity index (χ4v) is 5.06. The molecule has 1 aromatic carbocycles. The van der Waals surface area contributed by atoms with E-state index in [1.54, 1.807) is 24.3 Å². The van der Waals surface area contributed by atoms with Gasteiger partial charge in [0.1, 0.15) is 0 Å². The number of carbonyl (C=O) groups excluding carboxylic acids is 1. The summed E-state index contributed by atoms with van der Waals surface area (Å²) in [7, 11) is 0. The number of nitrogens with two attached hydrogens (primary N) is 1. The van der Waals surface area contributed by atoms with E-state index in [4.69, 9.17) is 17.3 Å². The second kappa shape index (κ2) is 9.53. The number of nitrogen functional groups attached to an aromatic ring is 1. The predicted octanol–water partition coefficient (Wildman–Crippen LogP) is 3.39. The zero-order valence-electron chi connectivity index (χ0n) is 18.6. The molecule has 1 aliphatic rings. The van der Waals surface area contributed by atoms with Gasteiger partial charge in [0.15, 0.2) is 5.82 Å². The van der Waals surface area contributed by atoms with Crippen molar-refractivity contribution in [3.05, 3.63) is 46.1 Å². The Kier molecular flexibility index (Phi) is 6.31. The first-order valence-corrected chi connectivity index (χ1v) is 12.3. The summed E-state index contributed by atoms with van der Waals surface area (Å²) >= 11 is 7.62. The molecule has 0 spiro atoms. The van der Waals surface area contributed by atoms with E-state index >= 15 is 0 Å². The Hall–Kier alpha value is -3.28. The SMILES string of the molecule is Cc1csc2c(-n3nc(Nc4ccc(C(=O)NCCN5CCCC5)cc4)nc3N)nc(Cl)nc12. The summed E-state index contributed by atoms with van der Waals surface area (Å²) in [6.45, 7) is 5.72. The number of likely N-dealkylation sites (tertiary alicyclic amines) is 1. The number of nitrogens with zero attached hydrogens (tertiary/aromatic N) is 6. The normalized spacial score (nSPS) is 14.1. The van der Waals surface area contributed by atoms with Gasteiger partial charge in [0.25, 0.3) is 5.91 Å². The first kappa shape index (κ1) is 22.5. The van der Waals surface area contributed by atoms with Crippen LogP contribution < -0.4 is 16.4 Å². The van der Waals surface area contributed by atoms with Crippen LogP contribution in [0, 0.1) is 6.92 Å². The van der Waals surface area contributed by atoms with Gasteiger partial charge in [0.2, 0.25) is 17.2 Å². The largest absolute Gasteiger partial charge is 0.368 e. The Morgan fingerprint density at radius 2 is 1.94 bits per heavy atom. The van der Waals surface area contributed by atoms with Crippen LogP contribution >= 0.6 is 22.9 Å². The molecule has 1 saturated heterocycles. The number of hydrogen-bond acceptors (Lipinski definition) is 9. The van der Waals surface area contributed by atoms with Crippen molar-refractivity contribution in [3.63, 3.8) is 0 Å². The number of benzene rings is 1. The molecule has 12 heteroatoms. The molecular formula is C22H24ClN9OS. The fourth-order valence-electron chi connectivity index (χ4n) is 3.94. The van der Waals surface area contributed by atoms with Crippen molar-refractivity contribution in [2.75, 3.05) is 37.2 Å². The first-order valence-electron chi connectivity index (χ1n) is 11.0. The van der Waals surface area contributed by atoms with Crippen LogP contribution in [0.1, 0.15) is 28.8 Å². The van der Waals surface area contributed by atoms with Crippen LogP contribution in [0.3, 0.4) is 0 Å². The Balaban J connectivity index is 1.27. The third-order valence-electron chi connectivity index (χ3n) is 5.70. The minimum absolute atomic E-state index is 0.0895. The lowest BCUT2D eigenvalue weighted by Gasteiger charge is -2.14. The first-order chi connectivity index (χ1) is 16.5. The van der Waals surface area contributed by atoms with E-state index in [9.17, 15) is 4.79 Å². The van der Waals surface area contributed by atoms with Crippen molar-refractivity contribution in [2.45, 2.75) is 19.8 Å². The summed E-state index contributed by atoms with van der Waals surface area (Å²) < 4.78 is 2.27. The Morgan fingerprint density at radius 1 is 1.18 bits per heavy atom. The van der Waals surface area contributed by atoms with Crippen LogP contribution in [0.4, 0.5) is 17.6 Å². The molecule has 10 nitrogen and oxygen atoms in total.